The molecule has 8 rings (SSSR count). The first-order valence-corrected chi connectivity index (χ1v) is 15.5. The molecule has 6 aromatic rings. The molecule has 0 bridgehead atoms. The van der Waals surface area contributed by atoms with E-state index in [2.05, 4.69) is 84.5 Å². The van der Waals surface area contributed by atoms with Crippen LogP contribution < -0.4 is 15.1 Å². The van der Waals surface area contributed by atoms with E-state index >= 15 is 0 Å². The van der Waals surface area contributed by atoms with Crippen molar-refractivity contribution in [2.45, 2.75) is 18.9 Å². The second-order valence-electron chi connectivity index (χ2n) is 11.1. The van der Waals surface area contributed by atoms with Gasteiger partial charge in [0.25, 0.3) is 0 Å². The van der Waals surface area contributed by atoms with Gasteiger partial charge >= 0.3 is 0 Å². The van der Waals surface area contributed by atoms with Crippen LogP contribution in [-0.2, 0) is 0 Å². The van der Waals surface area contributed by atoms with Crippen LogP contribution in [0.2, 0.25) is 0 Å². The quantitative estimate of drug-likeness (QED) is 0.206. The smallest absolute Gasteiger partial charge is 0.210 e. The standard InChI is InChI=1S/C34H30FN7S/c35-25-13-11-23(12-14-25)32-36-29-21-28(37-34-39-38-33(43-34)24-7-3-1-4-8-24)30(22-31(29)42(32)27-15-16-27)41-19-17-40(18-20-41)26-9-5-2-6-10-26/h1-14,21-22,27H,15-20H2,(H,37,39). The Bertz CT molecular complexity index is 1870. The summed E-state index contributed by atoms with van der Waals surface area (Å²) in [5.74, 6) is 0.643. The van der Waals surface area contributed by atoms with E-state index in [0.29, 0.717) is 6.04 Å². The maximum Gasteiger partial charge on any atom is 0.210 e. The van der Waals surface area contributed by atoms with Gasteiger partial charge in [0.2, 0.25) is 5.13 Å². The van der Waals surface area contributed by atoms with Crippen molar-refractivity contribution in [1.82, 2.24) is 19.7 Å². The minimum absolute atomic E-state index is 0.242. The number of hydrogen-bond donors (Lipinski definition) is 1. The summed E-state index contributed by atoms with van der Waals surface area (Å²) in [4.78, 5) is 10.0. The Kier molecular flexibility index (Phi) is 6.52. The summed E-state index contributed by atoms with van der Waals surface area (Å²) >= 11 is 1.54. The van der Waals surface area contributed by atoms with E-state index in [1.807, 2.05) is 30.3 Å². The number of nitrogens with one attached hydrogen (secondary N) is 1. The van der Waals surface area contributed by atoms with Crippen molar-refractivity contribution in [3.8, 4) is 22.0 Å². The van der Waals surface area contributed by atoms with Gasteiger partial charge in [0.05, 0.1) is 22.4 Å². The minimum atomic E-state index is -0.242. The van der Waals surface area contributed by atoms with Gasteiger partial charge in [-0.1, -0.05) is 59.9 Å². The molecule has 43 heavy (non-hydrogen) atoms. The Morgan fingerprint density at radius 2 is 1.44 bits per heavy atom. The number of anilines is 4. The number of hydrogen-bond acceptors (Lipinski definition) is 7. The predicted octanol–water partition coefficient (Wildman–Crippen LogP) is 7.77. The molecular weight excluding hydrogens is 557 g/mol. The van der Waals surface area contributed by atoms with Gasteiger partial charge in [-0.15, -0.1) is 10.2 Å². The molecule has 0 radical (unpaired) electrons. The van der Waals surface area contributed by atoms with Crippen molar-refractivity contribution in [3.63, 3.8) is 0 Å². The molecule has 0 atom stereocenters. The van der Waals surface area contributed by atoms with E-state index in [0.717, 1.165) is 88.5 Å². The number of benzene rings is 4. The van der Waals surface area contributed by atoms with E-state index in [-0.39, 0.29) is 5.82 Å². The Balaban J connectivity index is 1.19. The van der Waals surface area contributed by atoms with Gasteiger partial charge < -0.3 is 19.7 Å². The number of aromatic nitrogens is 4. The highest BCUT2D eigenvalue weighted by molar-refractivity contribution is 7.18. The van der Waals surface area contributed by atoms with Crippen molar-refractivity contribution in [1.29, 1.82) is 0 Å². The fourth-order valence-electron chi connectivity index (χ4n) is 5.93. The zero-order valence-corrected chi connectivity index (χ0v) is 24.3. The average molecular weight is 588 g/mol. The Morgan fingerprint density at radius 1 is 0.744 bits per heavy atom. The van der Waals surface area contributed by atoms with E-state index in [1.54, 1.807) is 0 Å². The maximum absolute atomic E-state index is 13.8. The van der Waals surface area contributed by atoms with Gasteiger partial charge in [-0.2, -0.15) is 0 Å². The second kappa shape index (κ2) is 10.8. The predicted molar refractivity (Wildman–Crippen MR) is 173 cm³/mol. The molecule has 2 fully saturated rings. The fourth-order valence-corrected chi connectivity index (χ4v) is 6.69. The molecule has 214 valence electrons. The third-order valence-electron chi connectivity index (χ3n) is 8.25. The molecule has 2 aliphatic rings. The first kappa shape index (κ1) is 25.9. The lowest BCUT2D eigenvalue weighted by molar-refractivity contribution is 0.628. The first-order chi connectivity index (χ1) is 21.2. The second-order valence-corrected chi connectivity index (χ2v) is 12.1. The normalized spacial score (nSPS) is 15.3. The molecule has 0 amide bonds. The lowest BCUT2D eigenvalue weighted by Crippen LogP contribution is -2.46. The number of piperazine rings is 1. The van der Waals surface area contributed by atoms with Crippen LogP contribution in [0.3, 0.4) is 0 Å². The van der Waals surface area contributed by atoms with E-state index in [1.165, 1.54) is 29.2 Å². The monoisotopic (exact) mass is 587 g/mol. The van der Waals surface area contributed by atoms with Crippen molar-refractivity contribution >= 4 is 44.6 Å². The highest BCUT2D eigenvalue weighted by atomic mass is 32.1. The summed E-state index contributed by atoms with van der Waals surface area (Å²) in [6.45, 7) is 3.65. The van der Waals surface area contributed by atoms with Gasteiger partial charge in [0.1, 0.15) is 16.6 Å². The lowest BCUT2D eigenvalue weighted by atomic mass is 10.1. The Hall–Kier alpha value is -4.76. The van der Waals surface area contributed by atoms with Gasteiger partial charge in [0.15, 0.2) is 0 Å². The molecule has 3 heterocycles. The zero-order chi connectivity index (χ0) is 28.8. The highest BCUT2D eigenvalue weighted by Gasteiger charge is 2.30. The van der Waals surface area contributed by atoms with Crippen molar-refractivity contribution in [3.05, 3.63) is 103 Å². The Labute approximate surface area is 253 Å². The minimum Gasteiger partial charge on any atom is -0.368 e. The van der Waals surface area contributed by atoms with Crippen molar-refractivity contribution < 1.29 is 4.39 Å². The molecule has 1 saturated carbocycles. The van der Waals surface area contributed by atoms with E-state index in [4.69, 9.17) is 4.98 Å². The number of fused-ring (bicyclic) bond motifs is 1. The fraction of sp³-hybridized carbons (Fsp3) is 0.206. The lowest BCUT2D eigenvalue weighted by Gasteiger charge is -2.38. The zero-order valence-electron chi connectivity index (χ0n) is 23.5. The summed E-state index contributed by atoms with van der Waals surface area (Å²) < 4.78 is 16.1. The van der Waals surface area contributed by atoms with Crippen LogP contribution in [0.15, 0.2) is 97.1 Å². The number of nitrogens with zero attached hydrogens (tertiary/aromatic N) is 6. The van der Waals surface area contributed by atoms with Crippen LogP contribution >= 0.6 is 11.3 Å². The first-order valence-electron chi connectivity index (χ1n) is 14.7. The van der Waals surface area contributed by atoms with Crippen LogP contribution in [-0.4, -0.2) is 45.9 Å². The van der Waals surface area contributed by atoms with Crippen molar-refractivity contribution in [2.24, 2.45) is 0 Å². The summed E-state index contributed by atoms with van der Waals surface area (Å²) in [5, 5.41) is 14.2. The third kappa shape index (κ3) is 5.10. The van der Waals surface area contributed by atoms with Crippen LogP contribution in [0.25, 0.3) is 33.0 Å². The van der Waals surface area contributed by atoms with Crippen molar-refractivity contribution in [2.75, 3.05) is 41.3 Å². The topological polar surface area (TPSA) is 62.1 Å². The SMILES string of the molecule is Fc1ccc(-c2nc3cc(Nc4nnc(-c5ccccc5)s4)c(N4CCN(c5ccccc5)CC4)cc3n2C2CC2)cc1. The van der Waals surface area contributed by atoms with Crippen LogP contribution in [0.4, 0.5) is 26.6 Å². The summed E-state index contributed by atoms with van der Waals surface area (Å²) in [6.07, 6.45) is 2.25. The van der Waals surface area contributed by atoms with Crippen LogP contribution in [0.5, 0.6) is 0 Å². The van der Waals surface area contributed by atoms with Crippen LogP contribution in [0, 0.1) is 5.82 Å². The number of imidazole rings is 1. The van der Waals surface area contributed by atoms with E-state index in [9.17, 15) is 4.39 Å². The molecule has 0 unspecified atom stereocenters. The highest BCUT2D eigenvalue weighted by Crippen LogP contribution is 2.44. The van der Waals surface area contributed by atoms with Gasteiger partial charge in [-0.25, -0.2) is 9.37 Å². The molecule has 1 N–H and O–H groups in total. The molecule has 2 aromatic heterocycles. The van der Waals surface area contributed by atoms with Gasteiger partial charge in [-0.3, -0.25) is 0 Å². The van der Waals surface area contributed by atoms with Gasteiger partial charge in [0, 0.05) is 49.0 Å². The third-order valence-corrected chi connectivity index (χ3v) is 9.14. The summed E-state index contributed by atoms with van der Waals surface area (Å²) in [7, 11) is 0. The van der Waals surface area contributed by atoms with Gasteiger partial charge in [-0.05, 0) is 61.4 Å². The molecule has 1 aliphatic heterocycles. The van der Waals surface area contributed by atoms with Crippen LogP contribution in [0.1, 0.15) is 18.9 Å². The maximum atomic E-state index is 13.8. The average Bonchev–Trinajstić information content (AvgIpc) is 3.67. The molecule has 7 nitrogen and oxygen atoms in total. The molecule has 0 spiro atoms. The molecule has 4 aromatic carbocycles. The largest absolute Gasteiger partial charge is 0.368 e. The molecule has 1 aliphatic carbocycles. The summed E-state index contributed by atoms with van der Waals surface area (Å²) in [5.41, 5.74) is 7.34. The molecular formula is C34H30FN7S. The van der Waals surface area contributed by atoms with E-state index < -0.39 is 0 Å². The number of para-hydroxylation sites is 1. The number of halogens is 1. The number of rotatable bonds is 7. The molecule has 9 heteroatoms. The summed E-state index contributed by atoms with van der Waals surface area (Å²) in [6, 6.07) is 32.3. The molecule has 1 saturated heterocycles. The Morgan fingerprint density at radius 3 is 2.16 bits per heavy atom.